The zero-order valence-electron chi connectivity index (χ0n) is 17.0. The molecule has 0 atom stereocenters. The number of rotatable bonds is 4. The Labute approximate surface area is 193 Å². The predicted octanol–water partition coefficient (Wildman–Crippen LogP) is 4.03. The van der Waals surface area contributed by atoms with Crippen LogP contribution in [0.25, 0.3) is 10.4 Å². The summed E-state index contributed by atoms with van der Waals surface area (Å²) in [6.45, 7) is 2.62. The number of carbonyl (C=O) groups excluding carboxylic acids is 2. The Morgan fingerprint density at radius 1 is 1.06 bits per heavy atom. The SMILES string of the molecule is O=C1CN(c2ccc(NC(=O)c3ccc(-c4ccc5c(c4)OCCO5)s3)cc2Cl)CCN1. The molecule has 164 valence electrons. The Hall–Kier alpha value is -3.23. The summed E-state index contributed by atoms with van der Waals surface area (Å²) in [4.78, 5) is 27.9. The molecule has 0 unspecified atom stereocenters. The minimum absolute atomic E-state index is 0.0313. The minimum Gasteiger partial charge on any atom is -0.486 e. The molecule has 0 radical (unpaired) electrons. The molecule has 2 aromatic carbocycles. The number of halogens is 1. The second-order valence-electron chi connectivity index (χ2n) is 7.41. The van der Waals surface area contributed by atoms with Gasteiger partial charge < -0.3 is 25.0 Å². The van der Waals surface area contributed by atoms with Gasteiger partial charge in [-0.05, 0) is 54.1 Å². The number of amides is 2. The van der Waals surface area contributed by atoms with Crippen LogP contribution in [0.15, 0.2) is 48.5 Å². The lowest BCUT2D eigenvalue weighted by molar-refractivity contribution is -0.120. The third-order valence-electron chi connectivity index (χ3n) is 5.24. The van der Waals surface area contributed by atoms with Gasteiger partial charge in [-0.3, -0.25) is 9.59 Å². The summed E-state index contributed by atoms with van der Waals surface area (Å²) in [7, 11) is 0. The second-order valence-corrected chi connectivity index (χ2v) is 8.91. The highest BCUT2D eigenvalue weighted by Gasteiger charge is 2.19. The molecule has 3 heterocycles. The molecule has 1 fully saturated rings. The fraction of sp³-hybridized carbons (Fsp3) is 0.217. The monoisotopic (exact) mass is 469 g/mol. The normalized spacial score (nSPS) is 15.3. The highest BCUT2D eigenvalue weighted by atomic mass is 35.5. The number of thiophene rings is 1. The van der Waals surface area contributed by atoms with Gasteiger partial charge in [0.15, 0.2) is 11.5 Å². The van der Waals surface area contributed by atoms with Gasteiger partial charge in [0.2, 0.25) is 5.91 Å². The molecule has 3 aromatic rings. The highest BCUT2D eigenvalue weighted by molar-refractivity contribution is 7.17. The van der Waals surface area contributed by atoms with Gasteiger partial charge in [0.05, 0.1) is 22.1 Å². The summed E-state index contributed by atoms with van der Waals surface area (Å²) in [5.74, 6) is 1.21. The quantitative estimate of drug-likeness (QED) is 0.603. The molecular weight excluding hydrogens is 450 g/mol. The Balaban J connectivity index is 1.29. The first-order valence-corrected chi connectivity index (χ1v) is 11.4. The molecular formula is C23H20ClN3O4S. The number of carbonyl (C=O) groups is 2. The number of anilines is 2. The van der Waals surface area contributed by atoms with Crippen LogP contribution in [-0.2, 0) is 4.79 Å². The zero-order chi connectivity index (χ0) is 22.1. The van der Waals surface area contributed by atoms with Crippen molar-refractivity contribution in [3.63, 3.8) is 0 Å². The van der Waals surface area contributed by atoms with E-state index in [1.165, 1.54) is 11.3 Å². The van der Waals surface area contributed by atoms with E-state index in [4.69, 9.17) is 21.1 Å². The molecule has 1 saturated heterocycles. The molecule has 0 bridgehead atoms. The van der Waals surface area contributed by atoms with Crippen molar-refractivity contribution in [1.82, 2.24) is 5.32 Å². The van der Waals surface area contributed by atoms with Crippen molar-refractivity contribution in [2.24, 2.45) is 0 Å². The number of hydrogen-bond acceptors (Lipinski definition) is 6. The molecule has 0 saturated carbocycles. The van der Waals surface area contributed by atoms with Crippen molar-refractivity contribution in [3.05, 3.63) is 58.4 Å². The summed E-state index contributed by atoms with van der Waals surface area (Å²) in [5.41, 5.74) is 2.34. The van der Waals surface area contributed by atoms with Crippen molar-refractivity contribution in [3.8, 4) is 21.9 Å². The van der Waals surface area contributed by atoms with Crippen LogP contribution < -0.4 is 25.0 Å². The van der Waals surface area contributed by atoms with Crippen LogP contribution in [0.2, 0.25) is 5.02 Å². The van der Waals surface area contributed by atoms with Crippen LogP contribution in [0.5, 0.6) is 11.5 Å². The summed E-state index contributed by atoms with van der Waals surface area (Å²) < 4.78 is 11.2. The maximum atomic E-state index is 12.8. The van der Waals surface area contributed by atoms with Crippen LogP contribution in [0.3, 0.4) is 0 Å². The summed E-state index contributed by atoms with van der Waals surface area (Å²) in [6.07, 6.45) is 0. The molecule has 1 aromatic heterocycles. The predicted molar refractivity (Wildman–Crippen MR) is 125 cm³/mol. The Bertz CT molecular complexity index is 1200. The fourth-order valence-electron chi connectivity index (χ4n) is 3.69. The van der Waals surface area contributed by atoms with E-state index < -0.39 is 0 Å². The molecule has 2 aliphatic rings. The Morgan fingerprint density at radius 2 is 1.91 bits per heavy atom. The summed E-state index contributed by atoms with van der Waals surface area (Å²) in [5, 5.41) is 6.18. The van der Waals surface area contributed by atoms with Gasteiger partial charge in [0, 0.05) is 23.7 Å². The Morgan fingerprint density at radius 3 is 2.72 bits per heavy atom. The number of nitrogens with zero attached hydrogens (tertiary/aromatic N) is 1. The second kappa shape index (κ2) is 8.72. The lowest BCUT2D eigenvalue weighted by Crippen LogP contribution is -2.47. The van der Waals surface area contributed by atoms with Crippen LogP contribution in [0, 0.1) is 0 Å². The van der Waals surface area contributed by atoms with Crippen molar-refractivity contribution >= 4 is 46.1 Å². The van der Waals surface area contributed by atoms with E-state index >= 15 is 0 Å². The number of benzene rings is 2. The first-order chi connectivity index (χ1) is 15.6. The van der Waals surface area contributed by atoms with E-state index in [0.29, 0.717) is 47.6 Å². The van der Waals surface area contributed by atoms with Gasteiger partial charge in [0.25, 0.3) is 5.91 Å². The maximum absolute atomic E-state index is 12.8. The van der Waals surface area contributed by atoms with E-state index in [1.54, 1.807) is 18.2 Å². The number of ether oxygens (including phenoxy) is 2. The van der Waals surface area contributed by atoms with E-state index in [1.807, 2.05) is 35.2 Å². The molecule has 2 N–H and O–H groups in total. The molecule has 0 aliphatic carbocycles. The molecule has 32 heavy (non-hydrogen) atoms. The van der Waals surface area contributed by atoms with Gasteiger partial charge in [-0.2, -0.15) is 0 Å². The van der Waals surface area contributed by atoms with Gasteiger partial charge in [-0.25, -0.2) is 0 Å². The Kier molecular flexibility index (Phi) is 5.63. The zero-order valence-corrected chi connectivity index (χ0v) is 18.6. The lowest BCUT2D eigenvalue weighted by Gasteiger charge is -2.29. The largest absolute Gasteiger partial charge is 0.486 e. The van der Waals surface area contributed by atoms with Crippen molar-refractivity contribution < 1.29 is 19.1 Å². The molecule has 2 amide bonds. The van der Waals surface area contributed by atoms with E-state index in [-0.39, 0.29) is 18.4 Å². The van der Waals surface area contributed by atoms with Gasteiger partial charge >= 0.3 is 0 Å². The van der Waals surface area contributed by atoms with Gasteiger partial charge in [-0.15, -0.1) is 11.3 Å². The third kappa shape index (κ3) is 4.24. The van der Waals surface area contributed by atoms with Crippen LogP contribution >= 0.6 is 22.9 Å². The van der Waals surface area contributed by atoms with E-state index in [2.05, 4.69) is 10.6 Å². The fourth-order valence-corrected chi connectivity index (χ4v) is 4.89. The van der Waals surface area contributed by atoms with Crippen LogP contribution in [0.4, 0.5) is 11.4 Å². The molecule has 5 rings (SSSR count). The topological polar surface area (TPSA) is 79.9 Å². The molecule has 0 spiro atoms. The van der Waals surface area contributed by atoms with E-state index in [0.717, 1.165) is 21.9 Å². The van der Waals surface area contributed by atoms with E-state index in [9.17, 15) is 9.59 Å². The summed E-state index contributed by atoms with van der Waals surface area (Å²) >= 11 is 7.84. The highest BCUT2D eigenvalue weighted by Crippen LogP contribution is 2.37. The molecule has 9 heteroatoms. The van der Waals surface area contributed by atoms with Crippen molar-refractivity contribution in [2.45, 2.75) is 0 Å². The number of fused-ring (bicyclic) bond motifs is 1. The average Bonchev–Trinajstić information content (AvgIpc) is 3.29. The molecule has 7 nitrogen and oxygen atoms in total. The number of piperazine rings is 1. The van der Waals surface area contributed by atoms with Crippen LogP contribution in [0.1, 0.15) is 9.67 Å². The standard InChI is InChI=1S/C23H20ClN3O4S/c24-16-12-15(2-3-17(16)27-8-7-25-22(28)13-27)26-23(29)21-6-5-20(32-21)14-1-4-18-19(11-14)31-10-9-30-18/h1-6,11-12H,7-10,13H2,(H,25,28)(H,26,29). The average molecular weight is 470 g/mol. The third-order valence-corrected chi connectivity index (χ3v) is 6.68. The maximum Gasteiger partial charge on any atom is 0.265 e. The lowest BCUT2D eigenvalue weighted by atomic mass is 10.1. The number of hydrogen-bond donors (Lipinski definition) is 2. The smallest absolute Gasteiger partial charge is 0.265 e. The van der Waals surface area contributed by atoms with Crippen molar-refractivity contribution in [1.29, 1.82) is 0 Å². The van der Waals surface area contributed by atoms with Gasteiger partial charge in [0.1, 0.15) is 13.2 Å². The molecule has 2 aliphatic heterocycles. The minimum atomic E-state index is -0.208. The van der Waals surface area contributed by atoms with Crippen molar-refractivity contribution in [2.75, 3.05) is 43.1 Å². The first kappa shape index (κ1) is 20.7. The van der Waals surface area contributed by atoms with Crippen LogP contribution in [-0.4, -0.2) is 44.7 Å². The number of nitrogens with one attached hydrogen (secondary N) is 2. The first-order valence-electron chi connectivity index (χ1n) is 10.2. The van der Waals surface area contributed by atoms with Gasteiger partial charge in [-0.1, -0.05) is 11.6 Å². The summed E-state index contributed by atoms with van der Waals surface area (Å²) in [6, 6.07) is 14.8.